The third-order valence-corrected chi connectivity index (χ3v) is 5.85. The average Bonchev–Trinajstić information content (AvgIpc) is 2.57. The van der Waals surface area contributed by atoms with Crippen LogP contribution >= 0.6 is 11.6 Å². The van der Waals surface area contributed by atoms with E-state index >= 15 is 0 Å². The Morgan fingerprint density at radius 2 is 1.81 bits per heavy atom. The second-order valence-corrected chi connectivity index (χ2v) is 8.55. The maximum absolute atomic E-state index is 12.3. The average molecular weight is 398 g/mol. The Hall–Kier alpha value is -2.16. The summed E-state index contributed by atoms with van der Waals surface area (Å²) in [6.45, 7) is 1.52. The number of rotatable bonds is 6. The molecule has 9 heteroatoms. The smallest absolute Gasteiger partial charge is 0.251 e. The van der Waals surface area contributed by atoms with Gasteiger partial charge in [0.05, 0.1) is 10.9 Å². The number of sulfonamides is 1. The van der Waals surface area contributed by atoms with Gasteiger partial charge in [0.25, 0.3) is 5.56 Å². The Balaban J connectivity index is 2.16. The number of aromatic nitrogens is 1. The van der Waals surface area contributed by atoms with E-state index in [1.807, 2.05) is 0 Å². The van der Waals surface area contributed by atoms with E-state index < -0.39 is 21.5 Å². The van der Waals surface area contributed by atoms with Gasteiger partial charge in [0.15, 0.2) is 0 Å². The Kier molecular flexibility index (Phi) is 6.22. The van der Waals surface area contributed by atoms with Crippen LogP contribution in [0.5, 0.6) is 0 Å². The van der Waals surface area contributed by atoms with E-state index in [0.29, 0.717) is 5.02 Å². The third-order valence-electron chi connectivity index (χ3n) is 3.80. The molecular weight excluding hydrogens is 378 g/mol. The zero-order valence-electron chi connectivity index (χ0n) is 14.6. The first kappa shape index (κ1) is 20.2. The van der Waals surface area contributed by atoms with Crippen LogP contribution in [0.3, 0.4) is 0 Å². The zero-order valence-corrected chi connectivity index (χ0v) is 16.2. The highest BCUT2D eigenvalue weighted by molar-refractivity contribution is 7.89. The summed E-state index contributed by atoms with van der Waals surface area (Å²) in [5.41, 5.74) is 0.399. The molecule has 7 nitrogen and oxygen atoms in total. The first-order valence-corrected chi connectivity index (χ1v) is 9.61. The largest absolute Gasteiger partial charge is 0.348 e. The normalized spacial score (nSPS) is 12.8. The number of amides is 1. The minimum absolute atomic E-state index is 0.0550. The van der Waals surface area contributed by atoms with Crippen LogP contribution in [-0.4, -0.2) is 37.3 Å². The van der Waals surface area contributed by atoms with Gasteiger partial charge in [0, 0.05) is 31.4 Å². The van der Waals surface area contributed by atoms with E-state index in [-0.39, 0.29) is 17.5 Å². The van der Waals surface area contributed by atoms with Crippen molar-refractivity contribution in [2.75, 3.05) is 14.1 Å². The van der Waals surface area contributed by atoms with Gasteiger partial charge in [-0.15, -0.1) is 0 Å². The lowest BCUT2D eigenvalue weighted by Gasteiger charge is -2.16. The van der Waals surface area contributed by atoms with Crippen LogP contribution < -0.4 is 10.9 Å². The summed E-state index contributed by atoms with van der Waals surface area (Å²) >= 11 is 5.84. The second kappa shape index (κ2) is 8.03. The highest BCUT2D eigenvalue weighted by atomic mass is 35.5. The number of nitrogens with zero attached hydrogens (tertiary/aromatic N) is 2. The van der Waals surface area contributed by atoms with Crippen LogP contribution in [-0.2, 0) is 21.4 Å². The Labute approximate surface area is 157 Å². The van der Waals surface area contributed by atoms with Crippen LogP contribution in [0.2, 0.25) is 5.02 Å². The number of carbonyl (C=O) groups is 1. The Morgan fingerprint density at radius 3 is 2.38 bits per heavy atom. The van der Waals surface area contributed by atoms with Gasteiger partial charge in [-0.25, -0.2) is 12.7 Å². The lowest BCUT2D eigenvalue weighted by atomic mass is 10.1. The molecule has 0 unspecified atom stereocenters. The fraction of sp³-hybridized carbons (Fsp3) is 0.294. The molecular formula is C17H20ClN3O4S. The fourth-order valence-electron chi connectivity index (χ4n) is 2.27. The Morgan fingerprint density at radius 1 is 1.19 bits per heavy atom. The van der Waals surface area contributed by atoms with Crippen molar-refractivity contribution >= 4 is 27.5 Å². The van der Waals surface area contributed by atoms with Crippen LogP contribution in [0.15, 0.2) is 52.3 Å². The van der Waals surface area contributed by atoms with E-state index in [9.17, 15) is 18.0 Å². The summed E-state index contributed by atoms with van der Waals surface area (Å²) in [5, 5.41) is 3.37. The number of pyridine rings is 1. The molecule has 0 aliphatic rings. The standard InChI is InChI=1S/C17H20ClN3O4S/c1-12(13-4-6-14(18)7-5-13)19-16(22)11-21-10-15(8-9-17(21)23)26(24,25)20(2)3/h4-10,12H,11H2,1-3H3,(H,19,22)/t12-/m1/s1. The van der Waals surface area contributed by atoms with Crippen molar-refractivity contribution in [3.8, 4) is 0 Å². The van der Waals surface area contributed by atoms with E-state index in [2.05, 4.69) is 5.32 Å². The highest BCUT2D eigenvalue weighted by Gasteiger charge is 2.19. The quantitative estimate of drug-likeness (QED) is 0.802. The van der Waals surface area contributed by atoms with Crippen molar-refractivity contribution in [3.63, 3.8) is 0 Å². The molecule has 1 aromatic carbocycles. The molecule has 1 heterocycles. The van der Waals surface area contributed by atoms with Crippen LogP contribution in [0, 0.1) is 0 Å². The van der Waals surface area contributed by atoms with Gasteiger partial charge < -0.3 is 9.88 Å². The molecule has 0 aliphatic heterocycles. The first-order chi connectivity index (χ1) is 12.1. The minimum atomic E-state index is -3.69. The van der Waals surface area contributed by atoms with Crippen LogP contribution in [0.1, 0.15) is 18.5 Å². The van der Waals surface area contributed by atoms with Gasteiger partial charge in [0.2, 0.25) is 15.9 Å². The lowest BCUT2D eigenvalue weighted by molar-refractivity contribution is -0.122. The molecule has 1 N–H and O–H groups in total. The van der Waals surface area contributed by atoms with Crippen LogP contribution in [0.4, 0.5) is 0 Å². The van der Waals surface area contributed by atoms with Gasteiger partial charge in [-0.05, 0) is 30.7 Å². The fourth-order valence-corrected chi connectivity index (χ4v) is 3.32. The number of hydrogen-bond acceptors (Lipinski definition) is 4. The van der Waals surface area contributed by atoms with E-state index in [1.165, 1.54) is 26.4 Å². The maximum Gasteiger partial charge on any atom is 0.251 e. The van der Waals surface area contributed by atoms with Gasteiger partial charge >= 0.3 is 0 Å². The molecule has 1 atom stereocenters. The molecule has 0 saturated carbocycles. The molecule has 0 aliphatic carbocycles. The summed E-state index contributed by atoms with van der Waals surface area (Å²) in [6, 6.07) is 9.10. The maximum atomic E-state index is 12.3. The third kappa shape index (κ3) is 4.72. The summed E-state index contributed by atoms with van der Waals surface area (Å²) in [6.07, 6.45) is 1.17. The molecule has 1 amide bonds. The molecule has 0 bridgehead atoms. The number of carbonyl (C=O) groups excluding carboxylic acids is 1. The molecule has 0 spiro atoms. The molecule has 0 saturated heterocycles. The second-order valence-electron chi connectivity index (χ2n) is 5.96. The predicted molar refractivity (Wildman–Crippen MR) is 99.6 cm³/mol. The molecule has 140 valence electrons. The summed E-state index contributed by atoms with van der Waals surface area (Å²) in [4.78, 5) is 24.2. The summed E-state index contributed by atoms with van der Waals surface area (Å²) in [5.74, 6) is -0.408. The molecule has 26 heavy (non-hydrogen) atoms. The van der Waals surface area contributed by atoms with Gasteiger partial charge in [-0.1, -0.05) is 23.7 Å². The van der Waals surface area contributed by atoms with Gasteiger partial charge in [-0.2, -0.15) is 0 Å². The van der Waals surface area contributed by atoms with Crippen molar-refractivity contribution in [1.29, 1.82) is 0 Å². The summed E-state index contributed by atoms with van der Waals surface area (Å²) < 4.78 is 26.5. The number of halogens is 1. The van der Waals surface area contributed by atoms with E-state index in [1.54, 1.807) is 31.2 Å². The van der Waals surface area contributed by atoms with Crippen molar-refractivity contribution < 1.29 is 13.2 Å². The highest BCUT2D eigenvalue weighted by Crippen LogP contribution is 2.16. The van der Waals surface area contributed by atoms with Gasteiger partial charge in [0.1, 0.15) is 6.54 Å². The Bertz CT molecular complexity index is 953. The van der Waals surface area contributed by atoms with Gasteiger partial charge in [-0.3, -0.25) is 9.59 Å². The molecule has 2 aromatic rings. The van der Waals surface area contributed by atoms with Crippen molar-refractivity contribution in [2.45, 2.75) is 24.4 Å². The molecule has 0 fully saturated rings. The zero-order chi connectivity index (χ0) is 19.5. The first-order valence-electron chi connectivity index (χ1n) is 7.79. The summed E-state index contributed by atoms with van der Waals surface area (Å²) in [7, 11) is -0.904. The monoisotopic (exact) mass is 397 g/mol. The van der Waals surface area contributed by atoms with Crippen LogP contribution in [0.25, 0.3) is 0 Å². The van der Waals surface area contributed by atoms with E-state index in [0.717, 1.165) is 20.5 Å². The van der Waals surface area contributed by atoms with E-state index in [4.69, 9.17) is 11.6 Å². The lowest BCUT2D eigenvalue weighted by Crippen LogP contribution is -2.34. The topological polar surface area (TPSA) is 88.5 Å². The number of benzene rings is 1. The molecule has 1 aromatic heterocycles. The van der Waals surface area contributed by atoms with Crippen molar-refractivity contribution in [3.05, 3.63) is 63.5 Å². The number of hydrogen-bond donors (Lipinski definition) is 1. The van der Waals surface area contributed by atoms with Crippen molar-refractivity contribution in [2.24, 2.45) is 0 Å². The minimum Gasteiger partial charge on any atom is -0.348 e. The molecule has 0 radical (unpaired) electrons. The molecule has 2 rings (SSSR count). The number of nitrogens with one attached hydrogen (secondary N) is 1. The SMILES string of the molecule is C[C@@H](NC(=O)Cn1cc(S(=O)(=O)N(C)C)ccc1=O)c1ccc(Cl)cc1. The van der Waals surface area contributed by atoms with Crippen molar-refractivity contribution in [1.82, 2.24) is 14.2 Å². The predicted octanol–water partition coefficient (Wildman–Crippen LogP) is 1.63.